The molecular formula is C13H26N2O3. The minimum atomic E-state index is -0.870. The fourth-order valence-electron chi connectivity index (χ4n) is 2.56. The average molecular weight is 258 g/mol. The van der Waals surface area contributed by atoms with Crippen molar-refractivity contribution in [1.29, 1.82) is 0 Å². The molecule has 1 saturated heterocycles. The molecule has 0 saturated carbocycles. The van der Waals surface area contributed by atoms with Crippen LogP contribution in [-0.2, 0) is 9.53 Å². The molecule has 0 aromatic carbocycles. The molecular weight excluding hydrogens is 232 g/mol. The van der Waals surface area contributed by atoms with Crippen molar-refractivity contribution in [3.8, 4) is 0 Å². The number of methoxy groups -OCH3 is 1. The molecule has 0 aromatic heterocycles. The summed E-state index contributed by atoms with van der Waals surface area (Å²) in [4.78, 5) is 13.8. The van der Waals surface area contributed by atoms with Crippen LogP contribution >= 0.6 is 0 Å². The van der Waals surface area contributed by atoms with Gasteiger partial charge < -0.3 is 15.2 Å². The number of nitrogens with one attached hydrogen (secondary N) is 1. The third-order valence-electron chi connectivity index (χ3n) is 3.82. The van der Waals surface area contributed by atoms with E-state index in [0.29, 0.717) is 6.42 Å². The number of carbonyl (C=O) groups is 1. The lowest BCUT2D eigenvalue weighted by molar-refractivity contribution is -0.155. The van der Waals surface area contributed by atoms with Gasteiger partial charge in [0.1, 0.15) is 5.54 Å². The summed E-state index contributed by atoms with van der Waals surface area (Å²) in [5.41, 5.74) is -1.31. The Morgan fingerprint density at radius 1 is 1.33 bits per heavy atom. The van der Waals surface area contributed by atoms with Crippen LogP contribution in [0.5, 0.6) is 0 Å². The fraction of sp³-hybridized carbons (Fsp3) is 0.923. The second kappa shape index (κ2) is 5.99. The van der Waals surface area contributed by atoms with Crippen molar-refractivity contribution in [2.24, 2.45) is 0 Å². The zero-order valence-corrected chi connectivity index (χ0v) is 12.0. The molecule has 0 aliphatic carbocycles. The third kappa shape index (κ3) is 3.67. The van der Waals surface area contributed by atoms with Gasteiger partial charge in [-0.15, -0.1) is 0 Å². The molecule has 5 nitrogen and oxygen atoms in total. The van der Waals surface area contributed by atoms with E-state index in [-0.39, 0.29) is 0 Å². The number of hydrogen-bond acceptors (Lipinski definition) is 4. The molecule has 106 valence electrons. The molecule has 1 aliphatic heterocycles. The summed E-state index contributed by atoms with van der Waals surface area (Å²) in [6, 6.07) is 0. The summed E-state index contributed by atoms with van der Waals surface area (Å²) >= 11 is 0. The van der Waals surface area contributed by atoms with Crippen molar-refractivity contribution in [3.63, 3.8) is 0 Å². The predicted octanol–water partition coefficient (Wildman–Crippen LogP) is 0.940. The topological polar surface area (TPSA) is 61.8 Å². The largest absolute Gasteiger partial charge is 0.480 e. The molecule has 5 heteroatoms. The van der Waals surface area contributed by atoms with Crippen LogP contribution in [0.25, 0.3) is 0 Å². The van der Waals surface area contributed by atoms with E-state index in [9.17, 15) is 9.90 Å². The number of ether oxygens (including phenoxy) is 1. The Morgan fingerprint density at radius 3 is 2.56 bits per heavy atom. The summed E-state index contributed by atoms with van der Waals surface area (Å²) in [7, 11) is 1.63. The van der Waals surface area contributed by atoms with Crippen LogP contribution in [0.2, 0.25) is 0 Å². The predicted molar refractivity (Wildman–Crippen MR) is 70.8 cm³/mol. The average Bonchev–Trinajstić information content (AvgIpc) is 2.57. The van der Waals surface area contributed by atoms with Crippen molar-refractivity contribution < 1.29 is 14.6 Å². The Labute approximate surface area is 109 Å². The van der Waals surface area contributed by atoms with Gasteiger partial charge in [0.15, 0.2) is 0 Å². The number of carboxylic acid groups (broad SMARTS) is 1. The van der Waals surface area contributed by atoms with E-state index in [4.69, 9.17) is 4.74 Å². The molecule has 1 rings (SSSR count). The van der Waals surface area contributed by atoms with Crippen LogP contribution in [0.3, 0.4) is 0 Å². The number of nitrogens with zero attached hydrogens (tertiary/aromatic N) is 1. The first-order chi connectivity index (χ1) is 8.32. The van der Waals surface area contributed by atoms with E-state index in [1.165, 1.54) is 0 Å². The van der Waals surface area contributed by atoms with E-state index >= 15 is 0 Å². The fourth-order valence-corrected chi connectivity index (χ4v) is 2.56. The van der Waals surface area contributed by atoms with Gasteiger partial charge in [-0.25, -0.2) is 0 Å². The van der Waals surface area contributed by atoms with Gasteiger partial charge in [-0.1, -0.05) is 0 Å². The van der Waals surface area contributed by atoms with E-state index < -0.39 is 17.1 Å². The van der Waals surface area contributed by atoms with Gasteiger partial charge in [0.05, 0.1) is 5.60 Å². The quantitative estimate of drug-likeness (QED) is 0.768. The van der Waals surface area contributed by atoms with Gasteiger partial charge in [-0.2, -0.15) is 0 Å². The smallest absolute Gasteiger partial charge is 0.323 e. The number of rotatable bonds is 5. The zero-order valence-electron chi connectivity index (χ0n) is 12.0. The van der Waals surface area contributed by atoms with Crippen molar-refractivity contribution in [2.45, 2.75) is 44.8 Å². The van der Waals surface area contributed by atoms with Crippen molar-refractivity contribution in [3.05, 3.63) is 0 Å². The van der Waals surface area contributed by atoms with Gasteiger partial charge in [-0.3, -0.25) is 9.69 Å². The molecule has 2 N–H and O–H groups in total. The van der Waals surface area contributed by atoms with Crippen molar-refractivity contribution in [1.82, 2.24) is 10.2 Å². The first kappa shape index (κ1) is 15.4. The lowest BCUT2D eigenvalue weighted by Gasteiger charge is -2.41. The van der Waals surface area contributed by atoms with Crippen molar-refractivity contribution in [2.75, 3.05) is 33.3 Å². The first-order valence-electron chi connectivity index (χ1n) is 6.56. The summed E-state index contributed by atoms with van der Waals surface area (Å²) in [5.74, 6) is -0.769. The van der Waals surface area contributed by atoms with Crippen molar-refractivity contribution >= 4 is 5.97 Å². The minimum Gasteiger partial charge on any atom is -0.480 e. The molecule has 1 aliphatic rings. The van der Waals surface area contributed by atoms with Crippen LogP contribution in [0, 0.1) is 0 Å². The summed E-state index contributed by atoms with van der Waals surface area (Å²) < 4.78 is 5.40. The molecule has 0 amide bonds. The number of hydrogen-bond donors (Lipinski definition) is 2. The maximum atomic E-state index is 11.7. The Balaban J connectivity index is 2.87. The maximum Gasteiger partial charge on any atom is 0.323 e. The van der Waals surface area contributed by atoms with Crippen LogP contribution in [0.1, 0.15) is 33.6 Å². The Hall–Kier alpha value is -0.650. The summed E-state index contributed by atoms with van der Waals surface area (Å²) in [6.45, 7) is 9.06. The highest BCUT2D eigenvalue weighted by Crippen LogP contribution is 2.29. The Bertz CT molecular complexity index is 286. The molecule has 1 heterocycles. The van der Waals surface area contributed by atoms with Gasteiger partial charge in [0, 0.05) is 33.2 Å². The standard InChI is InChI=1S/C13H26N2O3/c1-12(2,18-4)10-13(3,11(16)17)15-8-5-6-14-7-9-15/h14H,5-10H2,1-4H3,(H,16,17). The van der Waals surface area contributed by atoms with Gasteiger partial charge >= 0.3 is 5.97 Å². The Kier molecular flexibility index (Phi) is 5.13. The number of aliphatic carboxylic acids is 1. The summed E-state index contributed by atoms with van der Waals surface area (Å²) in [5, 5.41) is 12.9. The Morgan fingerprint density at radius 2 is 2.00 bits per heavy atom. The van der Waals surface area contributed by atoms with Crippen LogP contribution in [0.15, 0.2) is 0 Å². The molecule has 1 fully saturated rings. The van der Waals surface area contributed by atoms with E-state index in [1.54, 1.807) is 14.0 Å². The number of carboxylic acids is 1. The highest BCUT2D eigenvalue weighted by Gasteiger charge is 2.43. The second-order valence-electron chi connectivity index (χ2n) is 5.81. The normalized spacial score (nSPS) is 22.2. The van der Waals surface area contributed by atoms with Gasteiger partial charge in [-0.05, 0) is 33.7 Å². The van der Waals surface area contributed by atoms with E-state index in [1.807, 2.05) is 13.8 Å². The highest BCUT2D eigenvalue weighted by atomic mass is 16.5. The third-order valence-corrected chi connectivity index (χ3v) is 3.82. The zero-order chi connectivity index (χ0) is 13.8. The minimum absolute atomic E-state index is 0.438. The molecule has 0 aromatic rings. The maximum absolute atomic E-state index is 11.7. The molecule has 18 heavy (non-hydrogen) atoms. The van der Waals surface area contributed by atoms with E-state index in [0.717, 1.165) is 32.6 Å². The van der Waals surface area contributed by atoms with Gasteiger partial charge in [0.2, 0.25) is 0 Å². The highest BCUT2D eigenvalue weighted by molar-refractivity contribution is 5.78. The van der Waals surface area contributed by atoms with Crippen LogP contribution < -0.4 is 5.32 Å². The molecule has 0 radical (unpaired) electrons. The van der Waals surface area contributed by atoms with E-state index in [2.05, 4.69) is 10.2 Å². The van der Waals surface area contributed by atoms with Crippen LogP contribution in [-0.4, -0.2) is 60.4 Å². The molecule has 1 atom stereocenters. The first-order valence-corrected chi connectivity index (χ1v) is 6.56. The lowest BCUT2D eigenvalue weighted by atomic mass is 9.86. The monoisotopic (exact) mass is 258 g/mol. The van der Waals surface area contributed by atoms with Gasteiger partial charge in [0.25, 0.3) is 0 Å². The molecule has 1 unspecified atom stereocenters. The summed E-state index contributed by atoms with van der Waals surface area (Å²) in [6.07, 6.45) is 1.46. The lowest BCUT2D eigenvalue weighted by Crippen LogP contribution is -2.56. The molecule has 0 spiro atoms. The molecule has 0 bridgehead atoms. The second-order valence-corrected chi connectivity index (χ2v) is 5.81. The SMILES string of the molecule is COC(C)(C)CC(C)(C(=O)O)N1CCCNCC1. The van der Waals surface area contributed by atoms with Crippen LogP contribution in [0.4, 0.5) is 0 Å².